The van der Waals surface area contributed by atoms with Gasteiger partial charge in [0.2, 0.25) is 11.8 Å². The van der Waals surface area contributed by atoms with Crippen LogP contribution in [-0.4, -0.2) is 227 Å². The number of rotatable bonds is 50. The van der Waals surface area contributed by atoms with Crippen molar-refractivity contribution in [2.24, 2.45) is 10.2 Å². The first-order chi connectivity index (χ1) is 58.1. The van der Waals surface area contributed by atoms with Crippen molar-refractivity contribution in [2.75, 3.05) is 112 Å². The Bertz CT molecular complexity index is 5080. The number of benzene rings is 3. The average molecular weight is 1850 g/mol. The third kappa shape index (κ3) is 38.5. The van der Waals surface area contributed by atoms with E-state index >= 15 is 0 Å². The zero-order valence-electron chi connectivity index (χ0n) is 65.5. The SMILES string of the molecule is COC1CC(n2cc(C#CCNC(=O)COCCOC(COc3cccc(C(=O)NCCCC(C)=O)c3)N=[N+]=[N-])c3ccccc32)OC1COP(=O)(O)OP(=O)(O)OP(=O)(O)O.CO[C@H]1CC(n2cc(C#CCNC(=O)COCCOC(COc3cccc(C(=O)NCCCC(C)=O)c3)N=[N+]=[N-])c(N)nc2=O)OC1COP(=O)(O)OP(=O)(O)OP(=O)([O-])O. The number of phosphoric acid groups is 6. The average Bonchev–Trinajstić information content (AvgIpc) is 1.62. The van der Waals surface area contributed by atoms with Crippen LogP contribution in [0.25, 0.3) is 31.8 Å². The minimum atomic E-state index is -5.85. The number of nitrogens with zero attached hydrogens (tertiary/aromatic N) is 9. The van der Waals surface area contributed by atoms with E-state index in [1.165, 1.54) is 46.4 Å². The summed E-state index contributed by atoms with van der Waals surface area (Å²) in [7, 11) is -31.2. The molecule has 3 aromatic carbocycles. The van der Waals surface area contributed by atoms with Crippen LogP contribution in [-0.2, 0) is 111 Å². The highest BCUT2D eigenvalue weighted by Gasteiger charge is 2.45. The number of para-hydroxylation sites is 1. The Morgan fingerprint density at radius 1 is 0.610 bits per heavy atom. The molecule has 51 nitrogen and oxygen atoms in total. The van der Waals surface area contributed by atoms with Crippen molar-refractivity contribution in [3.63, 3.8) is 0 Å². The lowest BCUT2D eigenvalue weighted by Gasteiger charge is -2.22. The number of amides is 4. The van der Waals surface area contributed by atoms with E-state index in [-0.39, 0.29) is 107 Å². The molecule has 2 aromatic heterocycles. The summed E-state index contributed by atoms with van der Waals surface area (Å²) < 4.78 is 151. The summed E-state index contributed by atoms with van der Waals surface area (Å²) >= 11 is 0. The minimum absolute atomic E-state index is 0.0259. The molecule has 0 spiro atoms. The first-order valence-electron chi connectivity index (χ1n) is 36.0. The van der Waals surface area contributed by atoms with Gasteiger partial charge >= 0.3 is 44.8 Å². The molecule has 0 radical (unpaired) electrons. The van der Waals surface area contributed by atoms with E-state index in [4.69, 9.17) is 83.4 Å². The topological polar surface area (TPSA) is 729 Å². The predicted octanol–water partition coefficient (Wildman–Crippen LogP) is 3.76. The molecule has 5 aromatic rings. The predicted molar refractivity (Wildman–Crippen MR) is 418 cm³/mol. The summed E-state index contributed by atoms with van der Waals surface area (Å²) in [6.45, 7) is 0.515. The molecular weight excluding hydrogens is 1770 g/mol. The Balaban J connectivity index is 0.000000381. The van der Waals surface area contributed by atoms with Gasteiger partial charge in [-0.15, -0.1) is 0 Å². The lowest BCUT2D eigenvalue weighted by Crippen LogP contribution is -2.29. The summed E-state index contributed by atoms with van der Waals surface area (Å²) in [5, 5.41) is 18.4. The Labute approximate surface area is 698 Å². The van der Waals surface area contributed by atoms with Gasteiger partial charge in [0.15, 0.2) is 12.5 Å². The van der Waals surface area contributed by atoms with Gasteiger partial charge in [-0.1, -0.05) is 64.2 Å². The number of Topliss-reactive ketones (excluding diaryl/α,β-unsaturated/α-hetero) is 2. The Hall–Kier alpha value is -9.06. The molecule has 0 saturated carbocycles. The van der Waals surface area contributed by atoms with E-state index in [2.05, 4.69) is 91.8 Å². The number of ketones is 2. The molecule has 13 N–H and O–H groups in total. The molecule has 2 aliphatic heterocycles. The van der Waals surface area contributed by atoms with Crippen molar-refractivity contribution >= 4 is 98.9 Å². The number of methoxy groups -OCH3 is 2. The normalized spacial score (nSPS) is 19.0. The van der Waals surface area contributed by atoms with E-state index < -0.39 is 134 Å². The summed E-state index contributed by atoms with van der Waals surface area (Å²) in [6, 6.07) is 19.8. The second kappa shape index (κ2) is 50.2. The quantitative estimate of drug-likeness (QED) is 0.00658. The van der Waals surface area contributed by atoms with Crippen LogP contribution in [0.4, 0.5) is 5.82 Å². The minimum Gasteiger partial charge on any atom is -0.756 e. The van der Waals surface area contributed by atoms with Gasteiger partial charge in [0, 0.05) is 91.7 Å². The number of hydrogen-bond acceptors (Lipinski definition) is 34. The number of nitrogen functional groups attached to an aromatic ring is 1. The van der Waals surface area contributed by atoms with Crippen LogP contribution in [0.2, 0.25) is 0 Å². The van der Waals surface area contributed by atoms with Gasteiger partial charge in [-0.25, -0.2) is 31.9 Å². The number of carbonyl (C=O) groups excluding carboxylic acids is 6. The highest BCUT2D eigenvalue weighted by molar-refractivity contribution is 7.67. The lowest BCUT2D eigenvalue weighted by molar-refractivity contribution is -0.212. The molecule has 4 heterocycles. The lowest BCUT2D eigenvalue weighted by atomic mass is 10.2. The Morgan fingerprint density at radius 3 is 1.50 bits per heavy atom. The number of phosphoric ester groups is 2. The fourth-order valence-corrected chi connectivity index (χ4v) is 16.7. The standard InChI is InChI=1S/C35H45N6O18P3.C31H43N8O19P3/c1-24(42)8-6-15-38-35(44)25-9-5-11-27(18-25)55-23-33(39-40-36)54-17-16-53-22-32(43)37-14-7-10-26-20-41(29-13-4-3-12-28(26)29)34-19-30(52-2)31(57-34)21-56-61(48,49)59-62(50,51)58-60(45,46)47;1-20(40)6-4-11-35-30(42)21-7-3-9-23(14-21)54-19-27(37-38-33)53-13-12-52-18-26(41)34-10-5-8-22-16-39(31(43)36-29(22)32)28-15-24(51-2)25(56-28)17-55-60(47,48)58-61(49,50)57-59(44,45)46/h3-5,9,11-13,18,20,30-31,33-34H,6,8,14-17,19,21-23H2,1-2H3,(H,37,43)(H,38,44)(H,48,49)(H,50,51)(H2,45,46,47);3,7,9,14,16,24-25,27-28H,4,6,10-13,15,17-19H2,1-2H3,(H,34,41)(H,35,42)(H,47,48)(H,49,50)(H2,32,36,43)(H2,44,45,46)/p-1/t;24-,25?,27?,28?/m.0/s1. The van der Waals surface area contributed by atoms with Crippen molar-refractivity contribution < 1.29 is 169 Å². The first-order valence-corrected chi connectivity index (χ1v) is 45.0. The largest absolute Gasteiger partial charge is 0.756 e. The zero-order chi connectivity index (χ0) is 90.6. The second-order valence-electron chi connectivity index (χ2n) is 25.3. The van der Waals surface area contributed by atoms with Crippen LogP contribution in [0.15, 0.2) is 100 Å². The number of nitrogens with two attached hydrogens (primary N) is 1. The van der Waals surface area contributed by atoms with Gasteiger partial charge in [0.25, 0.3) is 19.6 Å². The number of azide groups is 2. The summed E-state index contributed by atoms with van der Waals surface area (Å²) in [4.78, 5) is 169. The summed E-state index contributed by atoms with van der Waals surface area (Å²) in [6.07, 6.45) is -2.96. The molecule has 123 heavy (non-hydrogen) atoms. The highest BCUT2D eigenvalue weighted by Crippen LogP contribution is 2.67. The number of nitrogens with one attached hydrogen (secondary N) is 4. The number of ether oxygens (including phenoxy) is 10. The van der Waals surface area contributed by atoms with Gasteiger partial charge in [-0.3, -0.25) is 37.4 Å². The first kappa shape index (κ1) is 103. The van der Waals surface area contributed by atoms with Gasteiger partial charge < -0.3 is 128 Å². The Kier molecular flexibility index (Phi) is 41.9. The number of anilines is 1. The third-order valence-corrected chi connectivity index (χ3v) is 23.6. The number of fused-ring (bicyclic) bond motifs is 1. The van der Waals surface area contributed by atoms with E-state index in [0.717, 1.165) is 9.95 Å². The maximum absolute atomic E-state index is 12.7. The smallest absolute Gasteiger partial charge is 0.490 e. The van der Waals surface area contributed by atoms with Crippen LogP contribution < -0.4 is 47.1 Å². The van der Waals surface area contributed by atoms with Gasteiger partial charge in [0.1, 0.15) is 80.0 Å². The van der Waals surface area contributed by atoms with Crippen molar-refractivity contribution in [3.8, 4) is 35.2 Å². The molecule has 2 aliphatic rings. The highest BCUT2D eigenvalue weighted by atomic mass is 31.3. The van der Waals surface area contributed by atoms with E-state index in [1.54, 1.807) is 65.4 Å². The van der Waals surface area contributed by atoms with Crippen molar-refractivity contribution in [1.29, 1.82) is 0 Å². The molecule has 2 fully saturated rings. The molecule has 0 aliphatic carbocycles. The number of aromatic nitrogens is 3. The molecular formula is C66H87N14O37P6-. The molecule has 2 saturated heterocycles. The maximum Gasteiger partial charge on any atom is 0.490 e. The second-order valence-corrected chi connectivity index (χ2v) is 34.1. The van der Waals surface area contributed by atoms with Gasteiger partial charge in [0.05, 0.1) is 81.6 Å². The maximum atomic E-state index is 12.7. The van der Waals surface area contributed by atoms with Crippen LogP contribution in [0.3, 0.4) is 0 Å². The molecule has 13 atom stereocenters. The number of carbonyl (C=O) groups is 6. The number of hydrogen-bond donors (Lipinski definition) is 12. The van der Waals surface area contributed by atoms with E-state index in [0.29, 0.717) is 72.5 Å². The summed E-state index contributed by atoms with van der Waals surface area (Å²) in [5.74, 6) is 9.90. The molecule has 4 amide bonds. The fourth-order valence-electron chi connectivity index (χ4n) is 10.7. The molecule has 57 heteroatoms. The van der Waals surface area contributed by atoms with Crippen molar-refractivity contribution in [1.82, 2.24) is 35.4 Å². The monoisotopic (exact) mass is 1850 g/mol. The molecule has 674 valence electrons. The van der Waals surface area contributed by atoms with Crippen LogP contribution in [0.1, 0.15) is 96.7 Å². The zero-order valence-corrected chi connectivity index (χ0v) is 70.9. The fraction of sp³-hybridized carbons (Fsp3) is 0.485. The molecule has 12 unspecified atom stereocenters. The van der Waals surface area contributed by atoms with Crippen molar-refractivity contribution in [3.05, 3.63) is 139 Å². The van der Waals surface area contributed by atoms with Crippen molar-refractivity contribution in [2.45, 2.75) is 102 Å². The van der Waals surface area contributed by atoms with Crippen LogP contribution in [0, 0.1) is 23.7 Å². The van der Waals surface area contributed by atoms with E-state index in [9.17, 15) is 85.4 Å². The van der Waals surface area contributed by atoms with Gasteiger partial charge in [-0.2, -0.15) is 17.9 Å². The van der Waals surface area contributed by atoms with Gasteiger partial charge in [-0.05, 0) is 80.2 Å². The Morgan fingerprint density at radius 2 is 1.06 bits per heavy atom. The molecule has 0 bridgehead atoms. The third-order valence-electron chi connectivity index (χ3n) is 16.0. The molecule has 7 rings (SSSR count). The van der Waals surface area contributed by atoms with E-state index in [1.807, 2.05) is 6.07 Å². The van der Waals surface area contributed by atoms with Crippen LogP contribution >= 0.6 is 46.9 Å². The van der Waals surface area contributed by atoms with Crippen LogP contribution in [0.5, 0.6) is 11.5 Å². The summed E-state index contributed by atoms with van der Waals surface area (Å²) in [5.41, 5.74) is 24.8.